The van der Waals surface area contributed by atoms with Gasteiger partial charge in [-0.15, -0.1) is 0 Å². The zero-order chi connectivity index (χ0) is 17.7. The molecule has 1 atom stereocenters. The predicted octanol–water partition coefficient (Wildman–Crippen LogP) is 2.44. The summed E-state index contributed by atoms with van der Waals surface area (Å²) in [5.41, 5.74) is 0.891. The van der Waals surface area contributed by atoms with Gasteiger partial charge in [-0.2, -0.15) is 5.10 Å². The summed E-state index contributed by atoms with van der Waals surface area (Å²) in [6, 6.07) is 9.91. The smallest absolute Gasteiger partial charge is 0.314 e. The SMILES string of the molecule is CCOC(=O)[C@]1(Cc2ccccc2)CCCN(C(=O)c2cn[nH]c2)C1. The first kappa shape index (κ1) is 17.2. The van der Waals surface area contributed by atoms with Gasteiger partial charge in [0.15, 0.2) is 0 Å². The summed E-state index contributed by atoms with van der Waals surface area (Å²) in [4.78, 5) is 27.2. The van der Waals surface area contributed by atoms with Crippen LogP contribution in [0.4, 0.5) is 0 Å². The first-order chi connectivity index (χ1) is 12.1. The first-order valence-electron chi connectivity index (χ1n) is 8.64. The summed E-state index contributed by atoms with van der Waals surface area (Å²) in [7, 11) is 0. The molecule has 2 heterocycles. The van der Waals surface area contributed by atoms with Gasteiger partial charge in [0, 0.05) is 19.3 Å². The Labute approximate surface area is 147 Å². The number of nitrogens with zero attached hydrogens (tertiary/aromatic N) is 2. The molecule has 1 aromatic heterocycles. The number of benzene rings is 1. The second kappa shape index (κ2) is 7.51. The van der Waals surface area contributed by atoms with E-state index in [1.165, 1.54) is 6.20 Å². The maximum Gasteiger partial charge on any atom is 0.314 e. The summed E-state index contributed by atoms with van der Waals surface area (Å²) in [6.07, 6.45) is 5.16. The van der Waals surface area contributed by atoms with Crippen LogP contribution >= 0.6 is 0 Å². The topological polar surface area (TPSA) is 75.3 Å². The Bertz CT molecular complexity index is 715. The molecule has 0 spiro atoms. The van der Waals surface area contributed by atoms with Gasteiger partial charge >= 0.3 is 5.97 Å². The number of carbonyl (C=O) groups excluding carboxylic acids is 2. The number of ether oxygens (including phenoxy) is 1. The van der Waals surface area contributed by atoms with Crippen molar-refractivity contribution in [2.45, 2.75) is 26.2 Å². The fourth-order valence-corrected chi connectivity index (χ4v) is 3.51. The average molecular weight is 341 g/mol. The van der Waals surface area contributed by atoms with E-state index in [4.69, 9.17) is 4.74 Å². The molecule has 0 saturated carbocycles. The molecule has 0 unspecified atom stereocenters. The number of hydrogen-bond donors (Lipinski definition) is 1. The second-order valence-electron chi connectivity index (χ2n) is 6.48. The Morgan fingerprint density at radius 2 is 2.12 bits per heavy atom. The quantitative estimate of drug-likeness (QED) is 0.848. The highest BCUT2D eigenvalue weighted by molar-refractivity contribution is 5.94. The maximum absolute atomic E-state index is 12.8. The predicted molar refractivity (Wildman–Crippen MR) is 92.9 cm³/mol. The van der Waals surface area contributed by atoms with E-state index in [9.17, 15) is 9.59 Å². The normalized spacial score (nSPS) is 20.3. The Morgan fingerprint density at radius 1 is 1.32 bits per heavy atom. The van der Waals surface area contributed by atoms with Gasteiger partial charge in [0.25, 0.3) is 5.91 Å². The van der Waals surface area contributed by atoms with E-state index in [1.807, 2.05) is 37.3 Å². The van der Waals surface area contributed by atoms with Crippen LogP contribution in [0.2, 0.25) is 0 Å². The number of H-pyrrole nitrogens is 1. The maximum atomic E-state index is 12.8. The number of likely N-dealkylation sites (tertiary alicyclic amines) is 1. The number of aromatic nitrogens is 2. The van der Waals surface area contributed by atoms with Crippen LogP contribution < -0.4 is 0 Å². The van der Waals surface area contributed by atoms with E-state index < -0.39 is 5.41 Å². The number of rotatable bonds is 5. The van der Waals surface area contributed by atoms with Gasteiger partial charge in [0.05, 0.1) is 23.8 Å². The number of piperidine rings is 1. The molecule has 1 aromatic carbocycles. The Hall–Kier alpha value is -2.63. The number of nitrogens with one attached hydrogen (secondary N) is 1. The van der Waals surface area contributed by atoms with E-state index >= 15 is 0 Å². The Morgan fingerprint density at radius 3 is 2.80 bits per heavy atom. The Balaban J connectivity index is 1.85. The van der Waals surface area contributed by atoms with Gasteiger partial charge in [-0.05, 0) is 31.7 Å². The summed E-state index contributed by atoms with van der Waals surface area (Å²) in [6.45, 7) is 3.15. The average Bonchev–Trinajstić information content (AvgIpc) is 3.17. The van der Waals surface area contributed by atoms with E-state index in [1.54, 1.807) is 11.1 Å². The molecule has 1 fully saturated rings. The van der Waals surface area contributed by atoms with Gasteiger partial charge in [0.2, 0.25) is 0 Å². The largest absolute Gasteiger partial charge is 0.466 e. The zero-order valence-electron chi connectivity index (χ0n) is 14.4. The van der Waals surface area contributed by atoms with Crippen LogP contribution in [-0.4, -0.2) is 46.7 Å². The van der Waals surface area contributed by atoms with Crippen LogP contribution in [0.15, 0.2) is 42.7 Å². The second-order valence-corrected chi connectivity index (χ2v) is 6.48. The molecule has 1 aliphatic rings. The van der Waals surface area contributed by atoms with E-state index in [2.05, 4.69) is 10.2 Å². The highest BCUT2D eigenvalue weighted by Gasteiger charge is 2.44. The minimum atomic E-state index is -0.699. The van der Waals surface area contributed by atoms with Crippen LogP contribution in [-0.2, 0) is 16.0 Å². The van der Waals surface area contributed by atoms with Gasteiger partial charge in [-0.25, -0.2) is 0 Å². The lowest BCUT2D eigenvalue weighted by molar-refractivity contribution is -0.158. The summed E-state index contributed by atoms with van der Waals surface area (Å²) < 4.78 is 5.38. The molecule has 6 heteroatoms. The lowest BCUT2D eigenvalue weighted by Crippen LogP contribution is -2.51. The van der Waals surface area contributed by atoms with Crippen LogP contribution in [0.1, 0.15) is 35.7 Å². The van der Waals surface area contributed by atoms with Crippen molar-refractivity contribution in [2.24, 2.45) is 5.41 Å². The first-order valence-corrected chi connectivity index (χ1v) is 8.64. The van der Waals surface area contributed by atoms with E-state index in [0.29, 0.717) is 31.7 Å². The highest BCUT2D eigenvalue weighted by atomic mass is 16.5. The van der Waals surface area contributed by atoms with Crippen molar-refractivity contribution in [2.75, 3.05) is 19.7 Å². The molecule has 1 N–H and O–H groups in total. The third kappa shape index (κ3) is 3.73. The zero-order valence-corrected chi connectivity index (χ0v) is 14.4. The number of esters is 1. The van der Waals surface area contributed by atoms with Crippen molar-refractivity contribution in [1.82, 2.24) is 15.1 Å². The molecule has 1 amide bonds. The van der Waals surface area contributed by atoms with Crippen molar-refractivity contribution in [1.29, 1.82) is 0 Å². The van der Waals surface area contributed by atoms with E-state index in [0.717, 1.165) is 18.4 Å². The number of hydrogen-bond acceptors (Lipinski definition) is 4. The molecule has 3 rings (SSSR count). The molecule has 1 aliphatic heterocycles. The van der Waals surface area contributed by atoms with Crippen molar-refractivity contribution < 1.29 is 14.3 Å². The molecule has 6 nitrogen and oxygen atoms in total. The molecule has 2 aromatic rings. The molecular formula is C19H23N3O3. The molecular weight excluding hydrogens is 318 g/mol. The molecule has 1 saturated heterocycles. The van der Waals surface area contributed by atoms with Crippen LogP contribution in [0.25, 0.3) is 0 Å². The Kier molecular flexibility index (Phi) is 5.16. The molecule has 0 radical (unpaired) electrons. The number of amides is 1. The minimum absolute atomic E-state index is 0.102. The molecule has 132 valence electrons. The minimum Gasteiger partial charge on any atom is -0.466 e. The molecule has 0 aliphatic carbocycles. The summed E-state index contributed by atoms with van der Waals surface area (Å²) in [5.74, 6) is -0.321. The van der Waals surface area contributed by atoms with Crippen molar-refractivity contribution >= 4 is 11.9 Å². The van der Waals surface area contributed by atoms with Crippen LogP contribution in [0.5, 0.6) is 0 Å². The van der Waals surface area contributed by atoms with Gasteiger partial charge in [-0.3, -0.25) is 14.7 Å². The lowest BCUT2D eigenvalue weighted by Gasteiger charge is -2.41. The van der Waals surface area contributed by atoms with Crippen LogP contribution in [0.3, 0.4) is 0 Å². The fourth-order valence-electron chi connectivity index (χ4n) is 3.51. The summed E-state index contributed by atoms with van der Waals surface area (Å²) >= 11 is 0. The van der Waals surface area contributed by atoms with Gasteiger partial charge in [-0.1, -0.05) is 30.3 Å². The molecule has 25 heavy (non-hydrogen) atoms. The fraction of sp³-hybridized carbons (Fsp3) is 0.421. The number of aromatic amines is 1. The van der Waals surface area contributed by atoms with Gasteiger partial charge in [0.1, 0.15) is 0 Å². The van der Waals surface area contributed by atoms with Crippen molar-refractivity contribution in [3.05, 3.63) is 53.9 Å². The summed E-state index contributed by atoms with van der Waals surface area (Å²) in [5, 5.41) is 6.51. The third-order valence-electron chi connectivity index (χ3n) is 4.70. The highest BCUT2D eigenvalue weighted by Crippen LogP contribution is 2.35. The van der Waals surface area contributed by atoms with Gasteiger partial charge < -0.3 is 9.64 Å². The molecule has 0 bridgehead atoms. The lowest BCUT2D eigenvalue weighted by atomic mass is 9.75. The number of carbonyl (C=O) groups is 2. The third-order valence-corrected chi connectivity index (χ3v) is 4.70. The van der Waals surface area contributed by atoms with Crippen molar-refractivity contribution in [3.63, 3.8) is 0 Å². The van der Waals surface area contributed by atoms with Crippen molar-refractivity contribution in [3.8, 4) is 0 Å². The standard InChI is InChI=1S/C19H23N3O3/c1-2-25-18(24)19(11-15-7-4-3-5-8-15)9-6-10-22(14-19)17(23)16-12-20-21-13-16/h3-5,7-8,12-13H,2,6,9-11,14H2,1H3,(H,20,21)/t19-/m0/s1. The van der Waals surface area contributed by atoms with E-state index in [-0.39, 0.29) is 11.9 Å². The van der Waals surface area contributed by atoms with Crippen LogP contribution in [0, 0.1) is 5.41 Å². The monoisotopic (exact) mass is 341 g/mol.